The van der Waals surface area contributed by atoms with E-state index in [1.807, 2.05) is 54.6 Å². The summed E-state index contributed by atoms with van der Waals surface area (Å²) in [6.45, 7) is 0.674. The number of aromatic hydroxyl groups is 1. The van der Waals surface area contributed by atoms with Gasteiger partial charge in [0.1, 0.15) is 5.75 Å². The van der Waals surface area contributed by atoms with Crippen LogP contribution < -0.4 is 15.6 Å². The van der Waals surface area contributed by atoms with Gasteiger partial charge in [0.05, 0.1) is 24.5 Å². The van der Waals surface area contributed by atoms with Crippen LogP contribution in [0.5, 0.6) is 17.2 Å². The molecule has 12 nitrogen and oxygen atoms in total. The molecule has 2 aromatic heterocycles. The van der Waals surface area contributed by atoms with Crippen molar-refractivity contribution in [3.05, 3.63) is 146 Å². The van der Waals surface area contributed by atoms with E-state index in [4.69, 9.17) is 4.74 Å². The Morgan fingerprint density at radius 3 is 2.14 bits per heavy atom. The first kappa shape index (κ1) is 31.6. The first-order chi connectivity index (χ1) is 23.7. The molecule has 7 rings (SSSR count). The predicted octanol–water partition coefficient (Wildman–Crippen LogP) is 4.02. The van der Waals surface area contributed by atoms with Crippen molar-refractivity contribution in [1.29, 1.82) is 0 Å². The smallest absolute Gasteiger partial charge is 0.275 e. The monoisotopic (exact) mass is 658 g/mol. The molecule has 0 fully saturated rings. The number of ether oxygens (including phenoxy) is 1. The van der Waals surface area contributed by atoms with Crippen LogP contribution in [0, 0.1) is 0 Å². The Balaban J connectivity index is 1.28. The van der Waals surface area contributed by atoms with E-state index in [2.05, 4.69) is 22.3 Å². The first-order valence-corrected chi connectivity index (χ1v) is 16.0. The van der Waals surface area contributed by atoms with Gasteiger partial charge in [0.2, 0.25) is 16.6 Å². The van der Waals surface area contributed by atoms with Gasteiger partial charge in [-0.15, -0.1) is 0 Å². The average molecular weight is 659 g/mol. The maximum Gasteiger partial charge on any atom is 0.275 e. The van der Waals surface area contributed by atoms with Crippen molar-refractivity contribution in [1.82, 2.24) is 29.4 Å². The summed E-state index contributed by atoms with van der Waals surface area (Å²) < 4.78 is 9.34. The minimum Gasteiger partial charge on any atom is -0.502 e. The molecular formula is C37H34N6O6. The number of aryl methyl sites for hydroxylation is 1. The van der Waals surface area contributed by atoms with E-state index in [0.29, 0.717) is 18.7 Å². The standard InChI is InChI=1S/C37H34N6O6/c1-40-21-26(17-16-23-10-5-3-6-11-23)42-33(37(40)48)35(30(45)20-38-42)49-27-15-9-14-25(18-27)31(24-12-7-4-8-13-24)28-22-41(2)36(47)32-34(46)29(44)19-39-43(28)32/h3-15,18-20,26,28,31,46H,16-17,21-22H2,1-2H3. The second kappa shape index (κ2) is 12.9. The molecule has 5 aromatic rings. The topological polar surface area (TPSA) is 140 Å². The molecule has 2 aliphatic heterocycles. The summed E-state index contributed by atoms with van der Waals surface area (Å²) in [7, 11) is 3.31. The molecule has 0 radical (unpaired) electrons. The SMILES string of the molecule is CN1CC(CCc2ccccc2)n2ncc(=O)c(Oc3cccc(C(c4ccccc4)C4CN(C)C(=O)c5c(O)c(=O)cnn54)c3)c2C1=O. The zero-order valence-electron chi connectivity index (χ0n) is 27.0. The van der Waals surface area contributed by atoms with Crippen molar-refractivity contribution in [2.45, 2.75) is 30.8 Å². The maximum absolute atomic E-state index is 13.6. The Labute approximate surface area is 281 Å². The Bertz CT molecular complexity index is 2170. The number of nitrogens with zero attached hydrogens (tertiary/aromatic N) is 6. The summed E-state index contributed by atoms with van der Waals surface area (Å²) in [5, 5.41) is 19.3. The third-order valence-corrected chi connectivity index (χ3v) is 9.25. The molecular weight excluding hydrogens is 624 g/mol. The number of benzene rings is 3. The van der Waals surface area contributed by atoms with Crippen LogP contribution in [0.4, 0.5) is 0 Å². The van der Waals surface area contributed by atoms with Gasteiger partial charge < -0.3 is 19.6 Å². The fourth-order valence-electron chi connectivity index (χ4n) is 6.84. The fourth-order valence-corrected chi connectivity index (χ4v) is 6.84. The van der Waals surface area contributed by atoms with Gasteiger partial charge in [0.25, 0.3) is 11.8 Å². The summed E-state index contributed by atoms with van der Waals surface area (Å²) in [5.41, 5.74) is 1.46. The van der Waals surface area contributed by atoms with E-state index in [9.17, 15) is 24.3 Å². The summed E-state index contributed by atoms with van der Waals surface area (Å²) in [4.78, 5) is 55.3. The minimum atomic E-state index is -0.741. The zero-order valence-corrected chi connectivity index (χ0v) is 27.0. The van der Waals surface area contributed by atoms with Gasteiger partial charge >= 0.3 is 0 Å². The van der Waals surface area contributed by atoms with Crippen LogP contribution in [0.3, 0.4) is 0 Å². The quantitative estimate of drug-likeness (QED) is 0.264. The van der Waals surface area contributed by atoms with Crippen molar-refractivity contribution >= 4 is 11.8 Å². The Morgan fingerprint density at radius 2 is 1.39 bits per heavy atom. The molecule has 0 saturated carbocycles. The number of fused-ring (bicyclic) bond motifs is 2. The van der Waals surface area contributed by atoms with Crippen LogP contribution in [0.1, 0.15) is 62.1 Å². The van der Waals surface area contributed by atoms with E-state index in [-0.39, 0.29) is 35.6 Å². The molecule has 2 aliphatic rings. The molecule has 248 valence electrons. The molecule has 3 atom stereocenters. The molecule has 0 saturated heterocycles. The summed E-state index contributed by atoms with van der Waals surface area (Å²) in [6.07, 6.45) is 3.67. The third-order valence-electron chi connectivity index (χ3n) is 9.25. The molecule has 49 heavy (non-hydrogen) atoms. The second-order valence-corrected chi connectivity index (χ2v) is 12.5. The molecule has 0 spiro atoms. The predicted molar refractivity (Wildman–Crippen MR) is 180 cm³/mol. The Kier molecular flexibility index (Phi) is 8.29. The van der Waals surface area contributed by atoms with Gasteiger partial charge in [-0.05, 0) is 41.7 Å². The summed E-state index contributed by atoms with van der Waals surface area (Å²) >= 11 is 0. The Hall–Kier alpha value is -6.04. The average Bonchev–Trinajstić information content (AvgIpc) is 3.11. The maximum atomic E-state index is 13.6. The van der Waals surface area contributed by atoms with Crippen molar-refractivity contribution in [2.75, 3.05) is 27.2 Å². The lowest BCUT2D eigenvalue weighted by atomic mass is 9.83. The molecule has 3 aromatic carbocycles. The van der Waals surface area contributed by atoms with Gasteiger partial charge in [-0.25, -0.2) is 0 Å². The molecule has 0 aliphatic carbocycles. The van der Waals surface area contributed by atoms with Crippen LogP contribution >= 0.6 is 0 Å². The van der Waals surface area contributed by atoms with E-state index >= 15 is 0 Å². The number of hydrogen-bond acceptors (Lipinski definition) is 8. The van der Waals surface area contributed by atoms with Crippen LogP contribution in [-0.4, -0.2) is 73.5 Å². The molecule has 0 bridgehead atoms. The van der Waals surface area contributed by atoms with Crippen molar-refractivity contribution < 1.29 is 19.4 Å². The highest BCUT2D eigenvalue weighted by molar-refractivity contribution is 5.96. The molecule has 4 heterocycles. The molecule has 2 amide bonds. The van der Waals surface area contributed by atoms with E-state index in [1.54, 1.807) is 41.9 Å². The molecule has 3 unspecified atom stereocenters. The highest BCUT2D eigenvalue weighted by atomic mass is 16.5. The lowest BCUT2D eigenvalue weighted by molar-refractivity contribution is 0.0681. The Morgan fingerprint density at radius 1 is 0.755 bits per heavy atom. The van der Waals surface area contributed by atoms with Crippen molar-refractivity contribution in [3.63, 3.8) is 0 Å². The van der Waals surface area contributed by atoms with E-state index in [0.717, 1.165) is 23.7 Å². The number of carbonyl (C=O) groups is 2. The number of hydrogen-bond donors (Lipinski definition) is 1. The van der Waals surface area contributed by atoms with Crippen LogP contribution in [0.15, 0.2) is 107 Å². The zero-order chi connectivity index (χ0) is 34.2. The number of aromatic nitrogens is 4. The van der Waals surface area contributed by atoms with Gasteiger partial charge in [0, 0.05) is 33.1 Å². The van der Waals surface area contributed by atoms with Crippen LogP contribution in [0.25, 0.3) is 0 Å². The van der Waals surface area contributed by atoms with Crippen LogP contribution in [-0.2, 0) is 6.42 Å². The lowest BCUT2D eigenvalue weighted by Gasteiger charge is -2.37. The van der Waals surface area contributed by atoms with Gasteiger partial charge in [-0.2, -0.15) is 10.2 Å². The minimum absolute atomic E-state index is 0.0920. The third kappa shape index (κ3) is 5.86. The van der Waals surface area contributed by atoms with Crippen molar-refractivity contribution in [3.8, 4) is 17.2 Å². The van der Waals surface area contributed by atoms with Gasteiger partial charge in [0.15, 0.2) is 17.1 Å². The van der Waals surface area contributed by atoms with Gasteiger partial charge in [-0.3, -0.25) is 28.5 Å². The highest BCUT2D eigenvalue weighted by Crippen LogP contribution is 2.40. The van der Waals surface area contributed by atoms with Gasteiger partial charge in [-0.1, -0.05) is 72.8 Å². The number of carbonyl (C=O) groups excluding carboxylic acids is 2. The first-order valence-electron chi connectivity index (χ1n) is 16.0. The highest BCUT2D eigenvalue weighted by Gasteiger charge is 2.39. The number of amides is 2. The summed E-state index contributed by atoms with van der Waals surface area (Å²) in [5.74, 6) is -1.75. The van der Waals surface area contributed by atoms with E-state index in [1.165, 1.54) is 21.3 Å². The molecule has 12 heteroatoms. The number of rotatable bonds is 8. The van der Waals surface area contributed by atoms with E-state index < -0.39 is 34.5 Å². The largest absolute Gasteiger partial charge is 0.502 e. The lowest BCUT2D eigenvalue weighted by Crippen LogP contribution is -2.45. The normalized spacial score (nSPS) is 17.8. The second-order valence-electron chi connectivity index (χ2n) is 12.5. The van der Waals surface area contributed by atoms with Crippen LogP contribution in [0.2, 0.25) is 0 Å². The summed E-state index contributed by atoms with van der Waals surface area (Å²) in [6, 6.07) is 26.1. The van der Waals surface area contributed by atoms with Crippen molar-refractivity contribution in [2.24, 2.45) is 0 Å². The number of likely N-dealkylation sites (N-methyl/N-ethyl adjacent to an activating group) is 2. The molecule has 1 N–H and O–H groups in total. The fraction of sp³-hybridized carbons (Fsp3) is 0.243.